The summed E-state index contributed by atoms with van der Waals surface area (Å²) in [4.78, 5) is 25.8. The molecule has 0 bridgehead atoms. The molecule has 1 aromatic heterocycles. The van der Waals surface area contributed by atoms with Crippen molar-refractivity contribution in [3.05, 3.63) is 57.9 Å². The minimum Gasteiger partial charge on any atom is -0.355 e. The van der Waals surface area contributed by atoms with Crippen LogP contribution in [0.15, 0.2) is 29.3 Å². The summed E-state index contributed by atoms with van der Waals surface area (Å²) >= 11 is 0. The number of piperazine rings is 1. The smallest absolute Gasteiger partial charge is 0.254 e. The minimum absolute atomic E-state index is 0.171. The van der Waals surface area contributed by atoms with Gasteiger partial charge in [0.05, 0.1) is 0 Å². The molecule has 0 spiro atoms. The van der Waals surface area contributed by atoms with Gasteiger partial charge in [-0.3, -0.25) is 14.7 Å². The van der Waals surface area contributed by atoms with Crippen LogP contribution >= 0.6 is 0 Å². The van der Waals surface area contributed by atoms with Crippen molar-refractivity contribution in [3.63, 3.8) is 0 Å². The summed E-state index contributed by atoms with van der Waals surface area (Å²) in [6.45, 7) is 15.3. The first-order chi connectivity index (χ1) is 17.8. The fourth-order valence-electron chi connectivity index (χ4n) is 5.08. The summed E-state index contributed by atoms with van der Waals surface area (Å²) in [5.74, 6) is 0.640. The van der Waals surface area contributed by atoms with E-state index in [-0.39, 0.29) is 5.91 Å². The van der Waals surface area contributed by atoms with Gasteiger partial charge in [0.1, 0.15) is 0 Å². The van der Waals surface area contributed by atoms with E-state index < -0.39 is 0 Å². The first-order valence-electron chi connectivity index (χ1n) is 13.3. The van der Waals surface area contributed by atoms with Gasteiger partial charge in [-0.1, -0.05) is 30.5 Å². The van der Waals surface area contributed by atoms with Crippen molar-refractivity contribution in [2.45, 2.75) is 60.3 Å². The summed E-state index contributed by atoms with van der Waals surface area (Å²) in [5.41, 5.74) is 6.93. The number of hydrogen-bond donors (Lipinski definition) is 2. The molecule has 1 aliphatic rings. The number of anilines is 1. The molecule has 1 aromatic carbocycles. The number of carbonyl (C=O) groups excluding carboxylic acids is 1. The fraction of sp³-hybridized carbons (Fsp3) is 0.517. The lowest BCUT2D eigenvalue weighted by molar-refractivity contribution is 0.0633. The van der Waals surface area contributed by atoms with E-state index in [0.29, 0.717) is 5.96 Å². The Kier molecular flexibility index (Phi) is 10.5. The van der Waals surface area contributed by atoms with Gasteiger partial charge in [0.2, 0.25) is 12.2 Å². The molecule has 1 aliphatic heterocycles. The third-order valence-electron chi connectivity index (χ3n) is 6.75. The topological polar surface area (TPSA) is 96.7 Å². The molecule has 0 atom stereocenters. The fourth-order valence-corrected chi connectivity index (χ4v) is 5.08. The van der Waals surface area contributed by atoms with Crippen molar-refractivity contribution in [1.29, 1.82) is 5.26 Å². The second-order valence-electron chi connectivity index (χ2n) is 10.1. The average Bonchev–Trinajstić information content (AvgIpc) is 2.82. The lowest BCUT2D eigenvalue weighted by atomic mass is 9.98. The molecule has 2 heterocycles. The lowest BCUT2D eigenvalue weighted by Crippen LogP contribution is -2.49. The van der Waals surface area contributed by atoms with Gasteiger partial charge < -0.3 is 15.5 Å². The number of nitrogens with zero attached hydrogens (tertiary/aromatic N) is 5. The number of unbranched alkanes of at least 4 members (excludes halogenated alkanes) is 3. The number of amides is 1. The van der Waals surface area contributed by atoms with Crippen LogP contribution < -0.4 is 10.6 Å². The Morgan fingerprint density at radius 3 is 2.19 bits per heavy atom. The number of hydrogen-bond acceptors (Lipinski definition) is 5. The molecule has 37 heavy (non-hydrogen) atoms. The highest BCUT2D eigenvalue weighted by atomic mass is 16.2. The van der Waals surface area contributed by atoms with Crippen LogP contribution in [0.3, 0.4) is 0 Å². The van der Waals surface area contributed by atoms with Gasteiger partial charge in [-0.15, -0.1) is 4.99 Å². The van der Waals surface area contributed by atoms with Crippen LogP contribution in [0.25, 0.3) is 0 Å². The molecule has 0 saturated carbocycles. The summed E-state index contributed by atoms with van der Waals surface area (Å²) in [7, 11) is 0. The van der Waals surface area contributed by atoms with E-state index in [0.717, 1.165) is 98.7 Å². The Balaban J connectivity index is 1.31. The van der Waals surface area contributed by atoms with Crippen LogP contribution in [0.2, 0.25) is 0 Å². The summed E-state index contributed by atoms with van der Waals surface area (Å²) in [6, 6.07) is 8.06. The van der Waals surface area contributed by atoms with Crippen molar-refractivity contribution in [2.75, 3.05) is 44.6 Å². The molecule has 8 nitrogen and oxygen atoms in total. The maximum Gasteiger partial charge on any atom is 0.254 e. The normalized spacial score (nSPS) is 14.4. The zero-order chi connectivity index (χ0) is 26.8. The van der Waals surface area contributed by atoms with Crippen molar-refractivity contribution in [2.24, 2.45) is 4.99 Å². The van der Waals surface area contributed by atoms with Crippen LogP contribution in [0.4, 0.5) is 5.69 Å². The van der Waals surface area contributed by atoms with Gasteiger partial charge in [-0.2, -0.15) is 5.26 Å². The summed E-state index contributed by atoms with van der Waals surface area (Å²) < 4.78 is 0. The molecule has 1 fully saturated rings. The Labute approximate surface area is 221 Å². The predicted molar refractivity (Wildman–Crippen MR) is 150 cm³/mol. The number of rotatable bonds is 9. The maximum atomic E-state index is 13.1. The number of guanidine groups is 1. The van der Waals surface area contributed by atoms with Gasteiger partial charge in [0, 0.05) is 55.4 Å². The monoisotopic (exact) mass is 503 g/mol. The molecule has 2 aromatic rings. The lowest BCUT2D eigenvalue weighted by Gasteiger charge is -2.35. The molecule has 0 aliphatic carbocycles. The van der Waals surface area contributed by atoms with E-state index in [2.05, 4.69) is 44.6 Å². The van der Waals surface area contributed by atoms with Gasteiger partial charge >= 0.3 is 0 Å². The average molecular weight is 504 g/mol. The van der Waals surface area contributed by atoms with Gasteiger partial charge in [0.25, 0.3) is 5.91 Å². The molecule has 0 unspecified atom stereocenters. The van der Waals surface area contributed by atoms with Crippen LogP contribution in [0.1, 0.15) is 64.1 Å². The Hall–Kier alpha value is -3.44. The Morgan fingerprint density at radius 2 is 1.57 bits per heavy atom. The van der Waals surface area contributed by atoms with Crippen LogP contribution in [-0.4, -0.2) is 65.9 Å². The van der Waals surface area contributed by atoms with Crippen LogP contribution in [0.5, 0.6) is 0 Å². The second-order valence-corrected chi connectivity index (χ2v) is 10.1. The van der Waals surface area contributed by atoms with Gasteiger partial charge in [-0.25, -0.2) is 0 Å². The Morgan fingerprint density at radius 1 is 0.946 bits per heavy atom. The SMILES string of the molecule is Cc1cc(C)c(C(=O)N2CCN(CCCCCCN/C(=N/C#N)Nc3cc(C)nc(C)c3)CC2)c(C)c1. The number of aromatic nitrogens is 1. The third kappa shape index (κ3) is 8.57. The minimum atomic E-state index is 0.171. The van der Waals surface area contributed by atoms with Crippen molar-refractivity contribution >= 4 is 17.6 Å². The summed E-state index contributed by atoms with van der Waals surface area (Å²) in [5, 5.41) is 15.4. The highest BCUT2D eigenvalue weighted by molar-refractivity contribution is 5.97. The van der Waals surface area contributed by atoms with Crippen molar-refractivity contribution < 1.29 is 4.79 Å². The van der Waals surface area contributed by atoms with Gasteiger partial charge in [-0.05, 0) is 77.3 Å². The van der Waals surface area contributed by atoms with E-state index in [4.69, 9.17) is 5.26 Å². The summed E-state index contributed by atoms with van der Waals surface area (Å²) in [6.07, 6.45) is 6.29. The number of nitrogens with one attached hydrogen (secondary N) is 2. The van der Waals surface area contributed by atoms with E-state index in [1.165, 1.54) is 5.56 Å². The number of aryl methyl sites for hydroxylation is 5. The molecule has 1 amide bonds. The maximum absolute atomic E-state index is 13.1. The van der Waals surface area contributed by atoms with Crippen LogP contribution in [0, 0.1) is 46.1 Å². The number of nitriles is 1. The molecule has 2 N–H and O–H groups in total. The second kappa shape index (κ2) is 13.8. The number of carbonyl (C=O) groups is 1. The van der Waals surface area contributed by atoms with E-state index in [9.17, 15) is 4.79 Å². The zero-order valence-corrected chi connectivity index (χ0v) is 23.0. The first-order valence-corrected chi connectivity index (χ1v) is 13.3. The molecule has 1 saturated heterocycles. The van der Waals surface area contributed by atoms with E-state index >= 15 is 0 Å². The van der Waals surface area contributed by atoms with Crippen molar-refractivity contribution in [3.8, 4) is 6.19 Å². The molecule has 0 radical (unpaired) electrons. The first kappa shape index (κ1) is 28.1. The molecular weight excluding hydrogens is 462 g/mol. The van der Waals surface area contributed by atoms with Gasteiger partial charge in [0.15, 0.2) is 0 Å². The van der Waals surface area contributed by atoms with Crippen LogP contribution in [-0.2, 0) is 0 Å². The standard InChI is InChI=1S/C29H41N7O/c1-21-16-22(2)27(23(3)17-21)28(37)36-14-12-35(13-15-36)11-9-7-6-8-10-31-29(32-20-30)34-26-18-24(4)33-25(5)19-26/h16-19H,6-15H2,1-5H3,(H2,31,32,33,34). The molecule has 198 valence electrons. The third-order valence-corrected chi connectivity index (χ3v) is 6.75. The molecule has 3 rings (SSSR count). The van der Waals surface area contributed by atoms with E-state index in [1.807, 2.05) is 50.9 Å². The number of pyridine rings is 1. The van der Waals surface area contributed by atoms with E-state index in [1.54, 1.807) is 0 Å². The Bertz CT molecular complexity index is 1100. The largest absolute Gasteiger partial charge is 0.355 e. The molecule has 8 heteroatoms. The zero-order valence-electron chi connectivity index (χ0n) is 23.0. The quantitative estimate of drug-likeness (QED) is 0.227. The predicted octanol–water partition coefficient (Wildman–Crippen LogP) is 4.48. The highest BCUT2D eigenvalue weighted by Gasteiger charge is 2.24. The van der Waals surface area contributed by atoms with Crippen molar-refractivity contribution in [1.82, 2.24) is 20.1 Å². The number of aliphatic imine (C=N–C) groups is 1. The highest BCUT2D eigenvalue weighted by Crippen LogP contribution is 2.19. The number of benzene rings is 1. The molecular formula is C29H41N7O.